The van der Waals surface area contributed by atoms with Gasteiger partial charge in [-0.2, -0.15) is 5.10 Å². The first-order valence-electron chi connectivity index (χ1n) is 8.03. The van der Waals surface area contributed by atoms with Crippen molar-refractivity contribution in [2.75, 3.05) is 5.75 Å². The van der Waals surface area contributed by atoms with Crippen molar-refractivity contribution in [3.05, 3.63) is 64.7 Å². The lowest BCUT2D eigenvalue weighted by Crippen LogP contribution is -2.19. The van der Waals surface area contributed by atoms with Crippen molar-refractivity contribution in [3.8, 4) is 5.75 Å². The van der Waals surface area contributed by atoms with E-state index in [0.717, 1.165) is 20.0 Å². The van der Waals surface area contributed by atoms with Crippen LogP contribution in [0.3, 0.4) is 0 Å². The minimum Gasteiger partial charge on any atom is -0.507 e. The van der Waals surface area contributed by atoms with Crippen molar-refractivity contribution < 1.29 is 9.90 Å². The predicted octanol–water partition coefficient (Wildman–Crippen LogP) is 4.43. The first-order valence-corrected chi connectivity index (χ1v) is 11.2. The fourth-order valence-electron chi connectivity index (χ4n) is 1.97. The van der Waals surface area contributed by atoms with Gasteiger partial charge in [0, 0.05) is 16.3 Å². The minimum absolute atomic E-state index is 0.104. The van der Waals surface area contributed by atoms with Gasteiger partial charge in [-0.15, -0.1) is 10.2 Å². The molecule has 6 nitrogen and oxygen atoms in total. The zero-order chi connectivity index (χ0) is 19.8. The molecule has 0 aliphatic rings. The zero-order valence-electron chi connectivity index (χ0n) is 14.4. The van der Waals surface area contributed by atoms with Gasteiger partial charge in [0.25, 0.3) is 5.91 Å². The number of rotatable bonds is 8. The molecule has 0 radical (unpaired) electrons. The molecular formula is C18H15ClN4O2S3. The maximum Gasteiger partial charge on any atom is 0.250 e. The van der Waals surface area contributed by atoms with Crippen LogP contribution in [0, 0.1) is 0 Å². The molecule has 0 unspecified atom stereocenters. The summed E-state index contributed by atoms with van der Waals surface area (Å²) in [5.74, 6) is 0.793. The summed E-state index contributed by atoms with van der Waals surface area (Å²) in [5.41, 5.74) is 4.11. The van der Waals surface area contributed by atoms with Gasteiger partial charge in [0.1, 0.15) is 5.75 Å². The summed E-state index contributed by atoms with van der Waals surface area (Å²) in [6.45, 7) is 0. The van der Waals surface area contributed by atoms with Crippen LogP contribution in [0.5, 0.6) is 5.75 Å². The van der Waals surface area contributed by atoms with Crippen LogP contribution in [0.1, 0.15) is 11.1 Å². The average Bonchev–Trinajstić information content (AvgIpc) is 3.15. The number of thioether (sulfide) groups is 2. The summed E-state index contributed by atoms with van der Waals surface area (Å²) in [6, 6.07) is 14.4. The first kappa shape index (κ1) is 20.7. The SMILES string of the molecule is O=C(CSc1nnc(SCc2ccc(Cl)cc2)s1)N/N=C\c1ccccc1O. The van der Waals surface area contributed by atoms with Gasteiger partial charge in [0.15, 0.2) is 8.68 Å². The number of hydrazone groups is 1. The van der Waals surface area contributed by atoms with Gasteiger partial charge < -0.3 is 5.11 Å². The van der Waals surface area contributed by atoms with Crippen LogP contribution < -0.4 is 5.43 Å². The Kier molecular flexibility index (Phi) is 7.72. The summed E-state index contributed by atoms with van der Waals surface area (Å²) in [6.07, 6.45) is 1.40. The molecule has 1 heterocycles. The standard InChI is InChI=1S/C18H15ClN4O2S3/c19-14-7-5-12(6-8-14)10-26-17-22-23-18(28-17)27-11-16(25)21-20-9-13-3-1-2-4-15(13)24/h1-9,24H,10-11H2,(H,21,25)/b20-9-. The third kappa shape index (κ3) is 6.52. The Balaban J connectivity index is 1.41. The molecule has 1 amide bonds. The second kappa shape index (κ2) is 10.5. The van der Waals surface area contributed by atoms with Crippen LogP contribution in [-0.4, -0.2) is 33.2 Å². The van der Waals surface area contributed by atoms with Gasteiger partial charge in [-0.3, -0.25) is 4.79 Å². The van der Waals surface area contributed by atoms with Crippen molar-refractivity contribution in [2.45, 2.75) is 14.4 Å². The van der Waals surface area contributed by atoms with Crippen LogP contribution in [0.25, 0.3) is 0 Å². The molecule has 0 spiro atoms. The molecule has 2 aromatic carbocycles. The van der Waals surface area contributed by atoms with E-state index in [-0.39, 0.29) is 17.4 Å². The van der Waals surface area contributed by atoms with E-state index >= 15 is 0 Å². The molecule has 28 heavy (non-hydrogen) atoms. The molecule has 1 aromatic heterocycles. The molecule has 0 aliphatic heterocycles. The average molecular weight is 451 g/mol. The quantitative estimate of drug-likeness (QED) is 0.300. The minimum atomic E-state index is -0.262. The van der Waals surface area contributed by atoms with Crippen LogP contribution in [-0.2, 0) is 10.5 Å². The number of aromatic hydroxyl groups is 1. The molecule has 3 aromatic rings. The predicted molar refractivity (Wildman–Crippen MR) is 115 cm³/mol. The Morgan fingerprint density at radius 2 is 1.86 bits per heavy atom. The smallest absolute Gasteiger partial charge is 0.250 e. The maximum absolute atomic E-state index is 11.9. The second-order valence-corrected chi connectivity index (χ2v) is 9.25. The summed E-state index contributed by atoms with van der Waals surface area (Å²) < 4.78 is 1.56. The van der Waals surface area contributed by atoms with Gasteiger partial charge in [-0.25, -0.2) is 5.43 Å². The largest absolute Gasteiger partial charge is 0.507 e. The topological polar surface area (TPSA) is 87.5 Å². The number of hydrogen-bond donors (Lipinski definition) is 2. The van der Waals surface area contributed by atoms with E-state index in [9.17, 15) is 9.90 Å². The highest BCUT2D eigenvalue weighted by atomic mass is 35.5. The molecule has 2 N–H and O–H groups in total. The number of para-hydroxylation sites is 1. The van der Waals surface area contributed by atoms with Crippen LogP contribution in [0.2, 0.25) is 5.02 Å². The molecule has 10 heteroatoms. The Morgan fingerprint density at radius 1 is 1.14 bits per heavy atom. The van der Waals surface area contributed by atoms with Gasteiger partial charge in [-0.05, 0) is 29.8 Å². The molecule has 0 atom stereocenters. The fourth-order valence-corrected chi connectivity index (χ4v) is 4.86. The Hall–Kier alpha value is -2.07. The van der Waals surface area contributed by atoms with Gasteiger partial charge in [-0.1, -0.05) is 70.7 Å². The van der Waals surface area contributed by atoms with E-state index in [1.807, 2.05) is 24.3 Å². The fraction of sp³-hybridized carbons (Fsp3) is 0.111. The first-order chi connectivity index (χ1) is 13.6. The Morgan fingerprint density at radius 3 is 2.61 bits per heavy atom. The summed E-state index contributed by atoms with van der Waals surface area (Å²) in [7, 11) is 0. The lowest BCUT2D eigenvalue weighted by molar-refractivity contribution is -0.118. The maximum atomic E-state index is 11.9. The molecule has 0 saturated heterocycles. The summed E-state index contributed by atoms with van der Waals surface area (Å²) in [4.78, 5) is 11.9. The lowest BCUT2D eigenvalue weighted by atomic mass is 10.2. The Labute approximate surface area is 179 Å². The number of nitrogens with one attached hydrogen (secondary N) is 1. The number of halogens is 1. The van der Waals surface area contributed by atoms with E-state index in [2.05, 4.69) is 20.7 Å². The molecule has 0 fully saturated rings. The molecular weight excluding hydrogens is 436 g/mol. The molecule has 3 rings (SSSR count). The highest BCUT2D eigenvalue weighted by Gasteiger charge is 2.08. The number of phenolic OH excluding ortho intramolecular Hbond substituents is 1. The number of amides is 1. The summed E-state index contributed by atoms with van der Waals surface area (Å²) in [5, 5.41) is 22.4. The van der Waals surface area contributed by atoms with E-state index in [4.69, 9.17) is 11.6 Å². The van der Waals surface area contributed by atoms with Gasteiger partial charge in [0.2, 0.25) is 0 Å². The second-order valence-electron chi connectivity index (χ2n) is 5.39. The van der Waals surface area contributed by atoms with Gasteiger partial charge >= 0.3 is 0 Å². The molecule has 144 valence electrons. The third-order valence-electron chi connectivity index (χ3n) is 3.32. The number of aromatic nitrogens is 2. The van der Waals surface area contributed by atoms with Crippen molar-refractivity contribution in [2.24, 2.45) is 5.10 Å². The number of phenols is 1. The molecule has 0 saturated carbocycles. The van der Waals surface area contributed by atoms with Crippen LogP contribution in [0.15, 0.2) is 62.3 Å². The molecule has 0 bridgehead atoms. The lowest BCUT2D eigenvalue weighted by Gasteiger charge is -1.99. The van der Waals surface area contributed by atoms with Crippen molar-refractivity contribution in [3.63, 3.8) is 0 Å². The number of benzene rings is 2. The van der Waals surface area contributed by atoms with Gasteiger partial charge in [0.05, 0.1) is 12.0 Å². The zero-order valence-corrected chi connectivity index (χ0v) is 17.6. The van der Waals surface area contributed by atoms with Crippen LogP contribution in [0.4, 0.5) is 0 Å². The molecule has 0 aliphatic carbocycles. The van der Waals surface area contributed by atoms with Crippen molar-refractivity contribution in [1.82, 2.24) is 15.6 Å². The number of carbonyl (C=O) groups excluding carboxylic acids is 1. The number of nitrogens with zero attached hydrogens (tertiary/aromatic N) is 3. The summed E-state index contributed by atoms with van der Waals surface area (Å²) >= 11 is 10.2. The highest BCUT2D eigenvalue weighted by Crippen LogP contribution is 2.30. The normalized spacial score (nSPS) is 11.0. The van der Waals surface area contributed by atoms with Crippen LogP contribution >= 0.6 is 46.5 Å². The third-order valence-corrected chi connectivity index (χ3v) is 6.83. The van der Waals surface area contributed by atoms with Crippen molar-refractivity contribution >= 4 is 58.6 Å². The number of hydrogen-bond acceptors (Lipinski definition) is 8. The highest BCUT2D eigenvalue weighted by molar-refractivity contribution is 8.03. The monoisotopic (exact) mass is 450 g/mol. The number of carbonyl (C=O) groups is 1. The van der Waals surface area contributed by atoms with E-state index in [1.54, 1.807) is 36.0 Å². The van der Waals surface area contributed by atoms with E-state index in [1.165, 1.54) is 29.3 Å². The Bertz CT molecular complexity index is 963. The van der Waals surface area contributed by atoms with E-state index in [0.29, 0.717) is 10.6 Å². The van der Waals surface area contributed by atoms with E-state index < -0.39 is 0 Å². The van der Waals surface area contributed by atoms with Crippen molar-refractivity contribution in [1.29, 1.82) is 0 Å².